The Labute approximate surface area is 177 Å². The number of hydrogen-bond acceptors (Lipinski definition) is 6. The van der Waals surface area contributed by atoms with Crippen LogP contribution in [0.15, 0.2) is 36.4 Å². The minimum atomic E-state index is -0.230. The van der Waals surface area contributed by atoms with Gasteiger partial charge in [0.05, 0.1) is 0 Å². The number of carbonyl (C=O) groups excluding carboxylic acids is 1. The van der Waals surface area contributed by atoms with Gasteiger partial charge in [0, 0.05) is 36.1 Å². The van der Waals surface area contributed by atoms with Gasteiger partial charge in [-0.25, -0.2) is 0 Å². The Hall–Kier alpha value is -2.61. The fourth-order valence-corrected chi connectivity index (χ4v) is 4.64. The molecule has 1 amide bonds. The first-order valence-electron chi connectivity index (χ1n) is 10.9. The molecule has 158 valence electrons. The van der Waals surface area contributed by atoms with Crippen LogP contribution in [0.25, 0.3) is 0 Å². The Morgan fingerprint density at radius 3 is 2.77 bits per heavy atom. The molecule has 0 aliphatic carbocycles. The highest BCUT2D eigenvalue weighted by atomic mass is 16.2. The predicted molar refractivity (Wildman–Crippen MR) is 121 cm³/mol. The average molecular weight is 407 g/mol. The Balaban J connectivity index is 1.19. The molecule has 0 radical (unpaired) electrons. The Morgan fingerprint density at radius 1 is 1.07 bits per heavy atom. The largest absolute Gasteiger partial charge is 0.373 e. The third-order valence-electron chi connectivity index (χ3n) is 6.33. The van der Waals surface area contributed by atoms with E-state index >= 15 is 0 Å². The van der Waals surface area contributed by atoms with E-state index in [-0.39, 0.29) is 18.2 Å². The van der Waals surface area contributed by atoms with Crippen molar-refractivity contribution in [3.8, 4) is 0 Å². The first kappa shape index (κ1) is 19.4. The van der Waals surface area contributed by atoms with Crippen molar-refractivity contribution in [2.24, 2.45) is 0 Å². The van der Waals surface area contributed by atoms with Crippen LogP contribution in [0.1, 0.15) is 29.5 Å². The molecule has 2 unspecified atom stereocenters. The number of benzene rings is 2. The highest BCUT2D eigenvalue weighted by Crippen LogP contribution is 2.30. The minimum Gasteiger partial charge on any atom is -0.373 e. The van der Waals surface area contributed by atoms with Gasteiger partial charge < -0.3 is 21.3 Å². The summed E-state index contributed by atoms with van der Waals surface area (Å²) in [5.74, 6) is 0.00716. The zero-order valence-electron chi connectivity index (χ0n) is 17.3. The van der Waals surface area contributed by atoms with Crippen molar-refractivity contribution in [3.05, 3.63) is 53.1 Å². The van der Waals surface area contributed by atoms with E-state index in [0.717, 1.165) is 61.5 Å². The van der Waals surface area contributed by atoms with E-state index in [2.05, 4.69) is 63.1 Å². The summed E-state index contributed by atoms with van der Waals surface area (Å²) in [4.78, 5) is 12.8. The van der Waals surface area contributed by atoms with Crippen LogP contribution in [0.5, 0.6) is 0 Å². The average Bonchev–Trinajstić information content (AvgIpc) is 3.21. The number of aryl methyl sites for hydroxylation is 1. The first-order chi connectivity index (χ1) is 14.7. The topological polar surface area (TPSA) is 89.2 Å². The number of anilines is 3. The standard InChI is InChI=1S/C23H30N6O/c1-14-3-2-4-15-12-20(28-21(14)15)22(30)26-18-5-6-19-16(11-18)13-25-23(29-19)27-17-7-9-24-10-8-17/h2-6,11,17,20,23-25,27-29H,7-10,12-13H2,1H3,(H,26,30). The molecule has 0 saturated carbocycles. The molecule has 3 heterocycles. The van der Waals surface area contributed by atoms with Crippen LogP contribution in [0, 0.1) is 6.92 Å². The summed E-state index contributed by atoms with van der Waals surface area (Å²) in [6.07, 6.45) is 3.10. The van der Waals surface area contributed by atoms with Gasteiger partial charge in [0.2, 0.25) is 5.91 Å². The molecule has 0 aromatic heterocycles. The fourth-order valence-electron chi connectivity index (χ4n) is 4.64. The zero-order chi connectivity index (χ0) is 20.5. The molecule has 6 N–H and O–H groups in total. The van der Waals surface area contributed by atoms with Crippen molar-refractivity contribution in [3.63, 3.8) is 0 Å². The van der Waals surface area contributed by atoms with Gasteiger partial charge in [-0.3, -0.25) is 15.4 Å². The SMILES string of the molecule is Cc1cccc2c1NC(C(=O)Nc1ccc3c(c1)CNC(NC1CCNCC1)N3)C2. The normalized spacial score (nSPS) is 23.1. The molecule has 3 aliphatic rings. The van der Waals surface area contributed by atoms with Crippen LogP contribution in [0.3, 0.4) is 0 Å². The van der Waals surface area contributed by atoms with Gasteiger partial charge in [-0.05, 0) is 67.7 Å². The number of carbonyl (C=O) groups is 1. The quantitative estimate of drug-likeness (QED) is 0.466. The summed E-state index contributed by atoms with van der Waals surface area (Å²) in [5, 5.41) is 20.6. The Kier molecular flexibility index (Phi) is 5.33. The van der Waals surface area contributed by atoms with E-state index in [0.29, 0.717) is 6.04 Å². The summed E-state index contributed by atoms with van der Waals surface area (Å²) in [7, 11) is 0. The maximum Gasteiger partial charge on any atom is 0.247 e. The zero-order valence-corrected chi connectivity index (χ0v) is 17.3. The molecule has 5 rings (SSSR count). The van der Waals surface area contributed by atoms with Crippen molar-refractivity contribution in [2.75, 3.05) is 29.0 Å². The van der Waals surface area contributed by atoms with Crippen LogP contribution in [-0.4, -0.2) is 37.4 Å². The van der Waals surface area contributed by atoms with Gasteiger partial charge >= 0.3 is 0 Å². The molecular weight excluding hydrogens is 376 g/mol. The summed E-state index contributed by atoms with van der Waals surface area (Å²) in [6.45, 7) is 4.99. The molecule has 1 saturated heterocycles. The predicted octanol–water partition coefficient (Wildman–Crippen LogP) is 2.11. The van der Waals surface area contributed by atoms with Crippen LogP contribution >= 0.6 is 0 Å². The van der Waals surface area contributed by atoms with E-state index < -0.39 is 0 Å². The number of para-hydroxylation sites is 1. The molecule has 7 heteroatoms. The summed E-state index contributed by atoms with van der Waals surface area (Å²) in [6, 6.07) is 12.6. The molecule has 2 aromatic carbocycles. The molecule has 7 nitrogen and oxygen atoms in total. The van der Waals surface area contributed by atoms with Crippen molar-refractivity contribution in [2.45, 2.75) is 51.1 Å². The van der Waals surface area contributed by atoms with Gasteiger partial charge in [0.25, 0.3) is 0 Å². The summed E-state index contributed by atoms with van der Waals surface area (Å²) < 4.78 is 0. The summed E-state index contributed by atoms with van der Waals surface area (Å²) >= 11 is 0. The lowest BCUT2D eigenvalue weighted by Gasteiger charge is -2.34. The Bertz CT molecular complexity index is 939. The molecule has 2 atom stereocenters. The van der Waals surface area contributed by atoms with Crippen LogP contribution in [-0.2, 0) is 17.8 Å². The lowest BCUT2D eigenvalue weighted by atomic mass is 10.1. The van der Waals surface area contributed by atoms with Gasteiger partial charge in [0.1, 0.15) is 12.3 Å². The molecule has 2 aromatic rings. The monoisotopic (exact) mass is 406 g/mol. The molecule has 30 heavy (non-hydrogen) atoms. The van der Waals surface area contributed by atoms with Crippen molar-refractivity contribution in [1.29, 1.82) is 0 Å². The van der Waals surface area contributed by atoms with Gasteiger partial charge in [-0.2, -0.15) is 0 Å². The van der Waals surface area contributed by atoms with Crippen LogP contribution < -0.4 is 31.9 Å². The number of piperidine rings is 1. The van der Waals surface area contributed by atoms with E-state index in [1.165, 1.54) is 11.1 Å². The first-order valence-corrected chi connectivity index (χ1v) is 10.9. The van der Waals surface area contributed by atoms with Crippen molar-refractivity contribution >= 4 is 23.0 Å². The fraction of sp³-hybridized carbons (Fsp3) is 0.435. The maximum absolute atomic E-state index is 12.8. The summed E-state index contributed by atoms with van der Waals surface area (Å²) in [5.41, 5.74) is 6.60. The van der Waals surface area contributed by atoms with Crippen molar-refractivity contribution < 1.29 is 4.79 Å². The second-order valence-electron chi connectivity index (χ2n) is 8.52. The number of nitrogens with one attached hydrogen (secondary N) is 6. The molecular formula is C23H30N6O. The van der Waals surface area contributed by atoms with E-state index in [1.54, 1.807) is 0 Å². The van der Waals surface area contributed by atoms with Crippen LogP contribution in [0.2, 0.25) is 0 Å². The third kappa shape index (κ3) is 4.01. The number of amides is 1. The Morgan fingerprint density at radius 2 is 1.93 bits per heavy atom. The number of hydrogen-bond donors (Lipinski definition) is 6. The molecule has 0 bridgehead atoms. The minimum absolute atomic E-state index is 0.00716. The highest BCUT2D eigenvalue weighted by molar-refractivity contribution is 5.98. The third-order valence-corrected chi connectivity index (χ3v) is 6.33. The highest BCUT2D eigenvalue weighted by Gasteiger charge is 2.28. The van der Waals surface area contributed by atoms with E-state index in [1.807, 2.05) is 12.1 Å². The van der Waals surface area contributed by atoms with E-state index in [9.17, 15) is 4.79 Å². The van der Waals surface area contributed by atoms with Crippen molar-refractivity contribution in [1.82, 2.24) is 16.0 Å². The number of rotatable bonds is 4. The lowest BCUT2D eigenvalue weighted by molar-refractivity contribution is -0.116. The van der Waals surface area contributed by atoms with Crippen LogP contribution in [0.4, 0.5) is 17.1 Å². The molecule has 3 aliphatic heterocycles. The van der Waals surface area contributed by atoms with Gasteiger partial charge in [-0.1, -0.05) is 18.2 Å². The van der Waals surface area contributed by atoms with E-state index in [4.69, 9.17) is 0 Å². The van der Waals surface area contributed by atoms with Gasteiger partial charge in [0.15, 0.2) is 0 Å². The molecule has 1 fully saturated rings. The number of fused-ring (bicyclic) bond motifs is 2. The second kappa shape index (κ2) is 8.26. The smallest absolute Gasteiger partial charge is 0.247 e. The van der Waals surface area contributed by atoms with Gasteiger partial charge in [-0.15, -0.1) is 0 Å². The second-order valence-corrected chi connectivity index (χ2v) is 8.52. The lowest BCUT2D eigenvalue weighted by Crippen LogP contribution is -2.55. The maximum atomic E-state index is 12.8. The molecule has 0 spiro atoms.